The Morgan fingerprint density at radius 1 is 1.38 bits per heavy atom. The molecule has 13 heavy (non-hydrogen) atoms. The van der Waals surface area contributed by atoms with Crippen LogP contribution in [-0.4, -0.2) is 12.1 Å². The van der Waals surface area contributed by atoms with E-state index in [0.717, 1.165) is 3.57 Å². The van der Waals surface area contributed by atoms with E-state index >= 15 is 0 Å². The van der Waals surface area contributed by atoms with Crippen LogP contribution in [0.15, 0.2) is 6.07 Å². The average molecular weight is 411 g/mol. The van der Waals surface area contributed by atoms with Gasteiger partial charge in [-0.3, -0.25) is 0 Å². The van der Waals surface area contributed by atoms with E-state index in [0.29, 0.717) is 3.57 Å². The Hall–Kier alpha value is 0.270. The topological polar surface area (TPSA) is 22.1 Å². The first-order chi connectivity index (χ1) is 6.06. The van der Waals surface area contributed by atoms with Gasteiger partial charge in [-0.05, 0) is 51.2 Å². The first-order valence-corrected chi connectivity index (χ1v) is 5.40. The summed E-state index contributed by atoms with van der Waals surface area (Å²) in [7, 11) is 1.41. The normalized spacial score (nSPS) is 10.6. The summed E-state index contributed by atoms with van der Waals surface area (Å²) in [6, 6.07) is 1.62. The van der Waals surface area contributed by atoms with Crippen LogP contribution in [0.25, 0.3) is 0 Å². The van der Waals surface area contributed by atoms with Gasteiger partial charge in [0.15, 0.2) is 0 Å². The molecule has 1 heterocycles. The van der Waals surface area contributed by atoms with Crippen LogP contribution in [0.4, 0.5) is 8.78 Å². The molecule has 0 saturated heterocycles. The van der Waals surface area contributed by atoms with Crippen molar-refractivity contribution in [1.29, 1.82) is 0 Å². The highest BCUT2D eigenvalue weighted by Crippen LogP contribution is 2.28. The quantitative estimate of drug-likeness (QED) is 0.698. The number of ether oxygens (including phenoxy) is 1. The van der Waals surface area contributed by atoms with Crippen molar-refractivity contribution in [3.63, 3.8) is 0 Å². The molecule has 0 atom stereocenters. The molecule has 0 aliphatic carbocycles. The molecule has 1 rings (SSSR count). The Bertz CT molecular complexity index is 320. The van der Waals surface area contributed by atoms with Crippen molar-refractivity contribution in [2.24, 2.45) is 0 Å². The second kappa shape index (κ2) is 4.67. The van der Waals surface area contributed by atoms with Crippen molar-refractivity contribution in [3.8, 4) is 5.88 Å². The molecule has 0 amide bonds. The number of nitrogens with zero attached hydrogens (tertiary/aromatic N) is 1. The van der Waals surface area contributed by atoms with Gasteiger partial charge in [0, 0.05) is 3.57 Å². The molecule has 0 saturated carbocycles. The lowest BCUT2D eigenvalue weighted by molar-refractivity contribution is 0.144. The number of hydrogen-bond donors (Lipinski definition) is 0. The Morgan fingerprint density at radius 3 is 2.46 bits per heavy atom. The summed E-state index contributed by atoms with van der Waals surface area (Å²) in [5, 5.41) is 0. The lowest BCUT2D eigenvalue weighted by atomic mass is 10.3. The molecule has 1 aromatic heterocycles. The maximum atomic E-state index is 12.4. The number of hydrogen-bond acceptors (Lipinski definition) is 2. The van der Waals surface area contributed by atoms with Crippen LogP contribution < -0.4 is 4.74 Å². The second-order valence-electron chi connectivity index (χ2n) is 2.15. The van der Waals surface area contributed by atoms with Gasteiger partial charge in [-0.1, -0.05) is 0 Å². The van der Waals surface area contributed by atoms with Gasteiger partial charge in [0.25, 0.3) is 6.43 Å². The lowest BCUT2D eigenvalue weighted by Gasteiger charge is -2.06. The van der Waals surface area contributed by atoms with Gasteiger partial charge < -0.3 is 4.74 Å². The molecule has 0 aliphatic rings. The maximum absolute atomic E-state index is 12.4. The fourth-order valence-electron chi connectivity index (χ4n) is 0.759. The molecule has 0 radical (unpaired) electrons. The monoisotopic (exact) mass is 411 g/mol. The van der Waals surface area contributed by atoms with Crippen molar-refractivity contribution in [1.82, 2.24) is 4.98 Å². The van der Waals surface area contributed by atoms with E-state index < -0.39 is 6.43 Å². The first-order valence-electron chi connectivity index (χ1n) is 3.24. The van der Waals surface area contributed by atoms with Gasteiger partial charge in [0.2, 0.25) is 5.88 Å². The van der Waals surface area contributed by atoms with E-state index in [1.165, 1.54) is 7.11 Å². The molecule has 0 aromatic carbocycles. The van der Waals surface area contributed by atoms with Gasteiger partial charge in [0.1, 0.15) is 5.69 Å². The Morgan fingerprint density at radius 2 is 2.00 bits per heavy atom. The third-order valence-corrected chi connectivity index (χ3v) is 2.96. The van der Waals surface area contributed by atoms with Crippen LogP contribution in [0, 0.1) is 7.14 Å². The van der Waals surface area contributed by atoms with Crippen LogP contribution in [0.2, 0.25) is 0 Å². The zero-order valence-corrected chi connectivity index (χ0v) is 10.8. The fraction of sp³-hybridized carbons (Fsp3) is 0.286. The summed E-state index contributed by atoms with van der Waals surface area (Å²) < 4.78 is 30.7. The van der Waals surface area contributed by atoms with Crippen molar-refractivity contribution < 1.29 is 13.5 Å². The molecule has 2 nitrogen and oxygen atoms in total. The molecule has 0 N–H and O–H groups in total. The van der Waals surface area contributed by atoms with E-state index in [1.807, 2.05) is 45.2 Å². The Labute approximate surface area is 101 Å². The minimum atomic E-state index is -2.56. The Kier molecular flexibility index (Phi) is 4.07. The van der Waals surface area contributed by atoms with Gasteiger partial charge in [-0.25, -0.2) is 13.8 Å². The molecular formula is C7H5F2I2NO. The van der Waals surface area contributed by atoms with Gasteiger partial charge >= 0.3 is 0 Å². The van der Waals surface area contributed by atoms with Crippen molar-refractivity contribution >= 4 is 45.2 Å². The third-order valence-electron chi connectivity index (χ3n) is 1.32. The van der Waals surface area contributed by atoms with E-state index in [2.05, 4.69) is 4.98 Å². The van der Waals surface area contributed by atoms with Crippen molar-refractivity contribution in [3.05, 3.63) is 18.9 Å². The number of rotatable bonds is 2. The zero-order valence-electron chi connectivity index (χ0n) is 6.52. The lowest BCUT2D eigenvalue weighted by Crippen LogP contribution is -1.99. The molecule has 0 spiro atoms. The first kappa shape index (κ1) is 11.3. The highest BCUT2D eigenvalue weighted by molar-refractivity contribution is 14.1. The van der Waals surface area contributed by atoms with Gasteiger partial charge in [-0.2, -0.15) is 0 Å². The summed E-state index contributed by atoms with van der Waals surface area (Å²) in [6.45, 7) is 0. The highest BCUT2D eigenvalue weighted by Gasteiger charge is 2.16. The molecule has 0 unspecified atom stereocenters. The summed E-state index contributed by atoms with van der Waals surface area (Å²) in [4.78, 5) is 3.70. The summed E-state index contributed by atoms with van der Waals surface area (Å²) in [5.74, 6) is 0.247. The summed E-state index contributed by atoms with van der Waals surface area (Å²) in [6.07, 6.45) is -2.56. The molecule has 0 aliphatic heterocycles. The van der Waals surface area contributed by atoms with E-state index in [-0.39, 0.29) is 11.6 Å². The average Bonchev–Trinajstić information content (AvgIpc) is 2.03. The summed E-state index contributed by atoms with van der Waals surface area (Å²) >= 11 is 3.82. The predicted octanol–water partition coefficient (Wildman–Crippen LogP) is 3.24. The summed E-state index contributed by atoms with van der Waals surface area (Å²) in [5.41, 5.74) is -0.224. The smallest absolute Gasteiger partial charge is 0.281 e. The van der Waals surface area contributed by atoms with Crippen LogP contribution in [0.3, 0.4) is 0 Å². The van der Waals surface area contributed by atoms with Crippen LogP contribution in [-0.2, 0) is 0 Å². The zero-order chi connectivity index (χ0) is 10.0. The van der Waals surface area contributed by atoms with Crippen molar-refractivity contribution in [2.75, 3.05) is 7.11 Å². The fourth-order valence-corrected chi connectivity index (χ4v) is 2.67. The van der Waals surface area contributed by atoms with Crippen LogP contribution in [0.1, 0.15) is 12.1 Å². The minimum Gasteiger partial charge on any atom is -0.480 e. The maximum Gasteiger partial charge on any atom is 0.281 e. The van der Waals surface area contributed by atoms with Crippen molar-refractivity contribution in [2.45, 2.75) is 6.43 Å². The largest absolute Gasteiger partial charge is 0.480 e. The molecule has 0 fully saturated rings. The van der Waals surface area contributed by atoms with Gasteiger partial charge in [0.05, 0.1) is 10.7 Å². The number of methoxy groups -OCH3 is 1. The number of halogens is 4. The molecular weight excluding hydrogens is 406 g/mol. The molecule has 6 heteroatoms. The molecule has 72 valence electrons. The number of aromatic nitrogens is 1. The SMILES string of the molecule is COc1nc(C(F)F)c(I)cc1I. The van der Waals surface area contributed by atoms with Crippen LogP contribution in [0.5, 0.6) is 5.88 Å². The Balaban J connectivity index is 3.22. The number of alkyl halides is 2. The highest BCUT2D eigenvalue weighted by atomic mass is 127. The van der Waals surface area contributed by atoms with E-state index in [1.54, 1.807) is 6.07 Å². The second-order valence-corrected chi connectivity index (χ2v) is 4.47. The predicted molar refractivity (Wildman–Crippen MR) is 61.2 cm³/mol. The minimum absolute atomic E-state index is 0.224. The van der Waals surface area contributed by atoms with E-state index in [9.17, 15) is 8.78 Å². The third kappa shape index (κ3) is 2.61. The number of pyridine rings is 1. The van der Waals surface area contributed by atoms with Gasteiger partial charge in [-0.15, -0.1) is 0 Å². The van der Waals surface area contributed by atoms with Crippen LogP contribution >= 0.6 is 45.2 Å². The standard InChI is InChI=1S/C7H5F2I2NO/c1-13-7-4(11)2-3(10)5(12-7)6(8)9/h2,6H,1H3. The molecule has 1 aromatic rings. The van der Waals surface area contributed by atoms with E-state index in [4.69, 9.17) is 4.74 Å². The molecule has 0 bridgehead atoms.